The molecule has 0 unspecified atom stereocenters. The van der Waals surface area contributed by atoms with E-state index in [1.54, 1.807) is 0 Å². The molecule has 0 spiro atoms. The van der Waals surface area contributed by atoms with Crippen LogP contribution >= 0.6 is 0 Å². The second-order valence-electron chi connectivity index (χ2n) is 5.55. The summed E-state index contributed by atoms with van der Waals surface area (Å²) >= 11 is 0. The largest absolute Gasteiger partial charge is 0.356 e. The first kappa shape index (κ1) is 12.8. The molecule has 0 bridgehead atoms. The normalized spacial score (nSPS) is 11.8. The molecule has 0 fully saturated rings. The summed E-state index contributed by atoms with van der Waals surface area (Å²) < 4.78 is 5.32. The Kier molecular flexibility index (Phi) is 3.53. The van der Waals surface area contributed by atoms with E-state index >= 15 is 0 Å². The number of nitrogens with two attached hydrogens (primary N) is 1. The Morgan fingerprint density at radius 2 is 1.83 bits per heavy atom. The average Bonchev–Trinajstić information content (AvgIpc) is 2.77. The highest BCUT2D eigenvalue weighted by atomic mass is 16.5. The molecule has 0 aliphatic heterocycles. The number of nitrogens with zero attached hydrogens (tertiary/aromatic N) is 1. The molecule has 0 aliphatic rings. The van der Waals surface area contributed by atoms with Gasteiger partial charge in [0.15, 0.2) is 5.76 Å². The molecule has 3 heteroatoms. The van der Waals surface area contributed by atoms with Crippen molar-refractivity contribution in [1.82, 2.24) is 5.16 Å². The molecule has 96 valence electrons. The molecule has 2 rings (SSSR count). The fourth-order valence-corrected chi connectivity index (χ4v) is 1.85. The van der Waals surface area contributed by atoms with Gasteiger partial charge in [0.25, 0.3) is 0 Å². The quantitative estimate of drug-likeness (QED) is 0.902. The van der Waals surface area contributed by atoms with Crippen molar-refractivity contribution in [2.24, 2.45) is 5.73 Å². The topological polar surface area (TPSA) is 52.0 Å². The minimum absolute atomic E-state index is 0.171. The van der Waals surface area contributed by atoms with Gasteiger partial charge in [0, 0.05) is 18.1 Å². The fraction of sp³-hybridized carbons (Fsp3) is 0.400. The van der Waals surface area contributed by atoms with E-state index in [1.165, 1.54) is 5.56 Å². The number of hydrogen-bond acceptors (Lipinski definition) is 3. The molecule has 0 atom stereocenters. The van der Waals surface area contributed by atoms with Crippen molar-refractivity contribution in [3.8, 4) is 11.3 Å². The lowest BCUT2D eigenvalue weighted by Crippen LogP contribution is -2.10. The highest BCUT2D eigenvalue weighted by molar-refractivity contribution is 5.58. The van der Waals surface area contributed by atoms with Crippen LogP contribution in [0.2, 0.25) is 0 Å². The van der Waals surface area contributed by atoms with Crippen LogP contribution in [0, 0.1) is 0 Å². The van der Waals surface area contributed by atoms with Crippen molar-refractivity contribution in [2.45, 2.75) is 32.6 Å². The lowest BCUT2D eigenvalue weighted by Gasteiger charge is -2.18. The fourth-order valence-electron chi connectivity index (χ4n) is 1.85. The average molecular weight is 244 g/mol. The van der Waals surface area contributed by atoms with Gasteiger partial charge in [0.05, 0.1) is 5.69 Å². The number of aromatic nitrogens is 1. The molecule has 0 radical (unpaired) electrons. The smallest absolute Gasteiger partial charge is 0.167 e. The van der Waals surface area contributed by atoms with Crippen LogP contribution < -0.4 is 5.73 Å². The van der Waals surface area contributed by atoms with Crippen LogP contribution in [0.4, 0.5) is 0 Å². The summed E-state index contributed by atoms with van der Waals surface area (Å²) in [6.45, 7) is 7.20. The van der Waals surface area contributed by atoms with Gasteiger partial charge >= 0.3 is 0 Å². The highest BCUT2D eigenvalue weighted by Crippen LogP contribution is 2.26. The summed E-state index contributed by atoms with van der Waals surface area (Å²) in [5.74, 6) is 0.805. The lowest BCUT2D eigenvalue weighted by atomic mass is 9.86. The van der Waals surface area contributed by atoms with E-state index in [0.29, 0.717) is 6.54 Å². The zero-order chi connectivity index (χ0) is 13.2. The van der Waals surface area contributed by atoms with Gasteiger partial charge in [-0.2, -0.15) is 0 Å². The van der Waals surface area contributed by atoms with E-state index in [1.807, 2.05) is 6.07 Å². The Morgan fingerprint density at radius 3 is 2.39 bits per heavy atom. The second kappa shape index (κ2) is 4.94. The molecule has 1 heterocycles. The molecule has 2 N–H and O–H groups in total. The first-order chi connectivity index (χ1) is 8.50. The molecule has 0 amide bonds. The first-order valence-corrected chi connectivity index (χ1v) is 6.27. The number of benzene rings is 1. The predicted molar refractivity (Wildman–Crippen MR) is 73.4 cm³/mol. The van der Waals surface area contributed by atoms with Crippen LogP contribution in [0.1, 0.15) is 32.0 Å². The Morgan fingerprint density at radius 1 is 1.17 bits per heavy atom. The second-order valence-corrected chi connectivity index (χ2v) is 5.55. The van der Waals surface area contributed by atoms with Gasteiger partial charge in [-0.1, -0.05) is 50.2 Å². The third-order valence-electron chi connectivity index (χ3n) is 2.99. The van der Waals surface area contributed by atoms with Crippen LogP contribution in [0.3, 0.4) is 0 Å². The SMILES string of the molecule is CC(C)(C)c1ccc(-c2cc(CCN)no2)cc1. The first-order valence-electron chi connectivity index (χ1n) is 6.27. The van der Waals surface area contributed by atoms with E-state index in [4.69, 9.17) is 10.3 Å². The number of hydrogen-bond donors (Lipinski definition) is 1. The van der Waals surface area contributed by atoms with Crippen LogP contribution in [0.5, 0.6) is 0 Å². The zero-order valence-corrected chi connectivity index (χ0v) is 11.2. The maximum absolute atomic E-state index is 5.49. The van der Waals surface area contributed by atoms with Gasteiger partial charge in [-0.25, -0.2) is 0 Å². The summed E-state index contributed by atoms with van der Waals surface area (Å²) in [7, 11) is 0. The van der Waals surface area contributed by atoms with Gasteiger partial charge < -0.3 is 10.3 Å². The molecule has 2 aromatic rings. The van der Waals surface area contributed by atoms with Crippen molar-refractivity contribution < 1.29 is 4.52 Å². The molecule has 3 nitrogen and oxygen atoms in total. The molecule has 0 saturated heterocycles. The summed E-state index contributed by atoms with van der Waals surface area (Å²) in [5, 5.41) is 4.00. The third kappa shape index (κ3) is 2.79. The Labute approximate surface area is 108 Å². The summed E-state index contributed by atoms with van der Waals surface area (Å²) in [6, 6.07) is 10.4. The van der Waals surface area contributed by atoms with Gasteiger partial charge in [0.2, 0.25) is 0 Å². The Bertz CT molecular complexity index is 506. The van der Waals surface area contributed by atoms with E-state index < -0.39 is 0 Å². The van der Waals surface area contributed by atoms with E-state index in [2.05, 4.69) is 50.2 Å². The maximum Gasteiger partial charge on any atom is 0.167 e. The van der Waals surface area contributed by atoms with Crippen molar-refractivity contribution in [1.29, 1.82) is 0 Å². The highest BCUT2D eigenvalue weighted by Gasteiger charge is 2.14. The van der Waals surface area contributed by atoms with Gasteiger partial charge in [-0.15, -0.1) is 0 Å². The predicted octanol–water partition coefficient (Wildman–Crippen LogP) is 3.14. The van der Waals surface area contributed by atoms with Crippen LogP contribution in [-0.4, -0.2) is 11.7 Å². The monoisotopic (exact) mass is 244 g/mol. The van der Waals surface area contributed by atoms with Crippen molar-refractivity contribution in [3.05, 3.63) is 41.6 Å². The number of rotatable bonds is 3. The summed E-state index contributed by atoms with van der Waals surface area (Å²) in [4.78, 5) is 0. The van der Waals surface area contributed by atoms with Crippen LogP contribution in [0.25, 0.3) is 11.3 Å². The van der Waals surface area contributed by atoms with E-state index in [9.17, 15) is 0 Å². The van der Waals surface area contributed by atoms with Crippen LogP contribution in [-0.2, 0) is 11.8 Å². The molecule has 18 heavy (non-hydrogen) atoms. The molecule has 0 aliphatic carbocycles. The summed E-state index contributed by atoms with van der Waals surface area (Å²) in [6.07, 6.45) is 0.754. The maximum atomic E-state index is 5.49. The van der Waals surface area contributed by atoms with E-state index in [-0.39, 0.29) is 5.41 Å². The molecular formula is C15H20N2O. The van der Waals surface area contributed by atoms with Crippen molar-refractivity contribution >= 4 is 0 Å². The Balaban J connectivity index is 2.23. The third-order valence-corrected chi connectivity index (χ3v) is 2.99. The Hall–Kier alpha value is -1.61. The molecule has 0 saturated carbocycles. The minimum Gasteiger partial charge on any atom is -0.356 e. The molecule has 1 aromatic carbocycles. The lowest BCUT2D eigenvalue weighted by molar-refractivity contribution is 0.423. The van der Waals surface area contributed by atoms with Gasteiger partial charge in [-0.05, 0) is 17.5 Å². The standard InChI is InChI=1S/C15H20N2O/c1-15(2,3)12-6-4-11(5-7-12)14-10-13(8-9-16)17-18-14/h4-7,10H,8-9,16H2,1-3H3. The molecule has 1 aromatic heterocycles. The van der Waals surface area contributed by atoms with Crippen molar-refractivity contribution in [2.75, 3.05) is 6.54 Å². The van der Waals surface area contributed by atoms with Crippen LogP contribution in [0.15, 0.2) is 34.9 Å². The molecular weight excluding hydrogens is 224 g/mol. The van der Waals surface area contributed by atoms with Gasteiger partial charge in [0.1, 0.15) is 0 Å². The zero-order valence-electron chi connectivity index (χ0n) is 11.2. The van der Waals surface area contributed by atoms with Gasteiger partial charge in [-0.3, -0.25) is 0 Å². The minimum atomic E-state index is 0.171. The van der Waals surface area contributed by atoms with Crippen molar-refractivity contribution in [3.63, 3.8) is 0 Å². The van der Waals surface area contributed by atoms with E-state index in [0.717, 1.165) is 23.4 Å². The summed E-state index contributed by atoms with van der Waals surface area (Å²) in [5.41, 5.74) is 8.94.